The summed E-state index contributed by atoms with van der Waals surface area (Å²) in [5.41, 5.74) is 0.704. The number of anilines is 1. The van der Waals surface area contributed by atoms with Gasteiger partial charge in [0.2, 0.25) is 11.8 Å². The van der Waals surface area contributed by atoms with Crippen LogP contribution in [0.1, 0.15) is 39.0 Å². The Balaban J connectivity index is 1.53. The van der Waals surface area contributed by atoms with Gasteiger partial charge in [0, 0.05) is 17.8 Å². The highest BCUT2D eigenvalue weighted by molar-refractivity contribution is 5.95. The first-order chi connectivity index (χ1) is 11.7. The Morgan fingerprint density at radius 2 is 1.92 bits per heavy atom. The van der Waals surface area contributed by atoms with Crippen LogP contribution in [-0.2, 0) is 9.59 Å². The first-order valence-electron chi connectivity index (χ1n) is 8.75. The number of carbonyl (C=O) groups excluding carboxylic acids is 2. The fourth-order valence-electron chi connectivity index (χ4n) is 3.47. The summed E-state index contributed by atoms with van der Waals surface area (Å²) >= 11 is 0. The summed E-state index contributed by atoms with van der Waals surface area (Å²) in [4.78, 5) is 24.4. The van der Waals surface area contributed by atoms with E-state index in [0.717, 1.165) is 25.0 Å². The van der Waals surface area contributed by atoms with Gasteiger partial charge in [0.1, 0.15) is 5.75 Å². The van der Waals surface area contributed by atoms with Crippen molar-refractivity contribution in [2.45, 2.75) is 57.2 Å². The molecule has 1 heterocycles. The second-order valence-electron chi connectivity index (χ2n) is 6.43. The monoisotopic (exact) mass is 331 g/mol. The minimum absolute atomic E-state index is 0.0695. The Morgan fingerprint density at radius 1 is 1.21 bits per heavy atom. The largest absolute Gasteiger partial charge is 0.494 e. The van der Waals surface area contributed by atoms with E-state index in [9.17, 15) is 9.59 Å². The lowest BCUT2D eigenvalue weighted by molar-refractivity contribution is -0.129. The van der Waals surface area contributed by atoms with Crippen molar-refractivity contribution in [3.63, 3.8) is 0 Å². The predicted molar refractivity (Wildman–Crippen MR) is 92.0 cm³/mol. The van der Waals surface area contributed by atoms with E-state index < -0.39 is 6.04 Å². The van der Waals surface area contributed by atoms with Crippen molar-refractivity contribution in [1.82, 2.24) is 10.6 Å². The van der Waals surface area contributed by atoms with Crippen molar-refractivity contribution in [2.24, 2.45) is 0 Å². The maximum atomic E-state index is 12.2. The van der Waals surface area contributed by atoms with Crippen LogP contribution in [0.15, 0.2) is 24.3 Å². The Kier molecular flexibility index (Phi) is 5.35. The van der Waals surface area contributed by atoms with Crippen LogP contribution in [-0.4, -0.2) is 36.5 Å². The molecule has 24 heavy (non-hydrogen) atoms. The van der Waals surface area contributed by atoms with Crippen molar-refractivity contribution < 1.29 is 14.3 Å². The van der Waals surface area contributed by atoms with E-state index in [0.29, 0.717) is 18.3 Å². The number of piperazine rings is 1. The van der Waals surface area contributed by atoms with E-state index in [2.05, 4.69) is 16.0 Å². The molecular formula is C18H25N3O3. The summed E-state index contributed by atoms with van der Waals surface area (Å²) in [7, 11) is 0. The molecule has 0 aromatic heterocycles. The second-order valence-corrected chi connectivity index (χ2v) is 6.43. The van der Waals surface area contributed by atoms with E-state index in [1.54, 1.807) is 12.1 Å². The van der Waals surface area contributed by atoms with Crippen LogP contribution in [0.5, 0.6) is 5.75 Å². The average molecular weight is 331 g/mol. The average Bonchev–Trinajstić information content (AvgIpc) is 2.57. The number of nitrogens with one attached hydrogen (secondary N) is 3. The van der Waals surface area contributed by atoms with Gasteiger partial charge >= 0.3 is 0 Å². The SMILES string of the molecule is CCOc1ccc(NC(=O)C[C@@H]2N[C@H]3CCCC[C@H]3NC2=O)cc1. The molecule has 2 fully saturated rings. The van der Waals surface area contributed by atoms with Gasteiger partial charge in [-0.05, 0) is 44.0 Å². The van der Waals surface area contributed by atoms with Gasteiger partial charge in [-0.15, -0.1) is 0 Å². The lowest BCUT2D eigenvalue weighted by Crippen LogP contribution is -2.65. The molecule has 0 unspecified atom stereocenters. The molecule has 3 N–H and O–H groups in total. The van der Waals surface area contributed by atoms with Crippen LogP contribution < -0.4 is 20.7 Å². The van der Waals surface area contributed by atoms with Gasteiger partial charge in [-0.25, -0.2) is 0 Å². The number of amides is 2. The maximum Gasteiger partial charge on any atom is 0.237 e. The lowest BCUT2D eigenvalue weighted by atomic mass is 9.87. The molecule has 1 saturated heterocycles. The van der Waals surface area contributed by atoms with Crippen molar-refractivity contribution in [2.75, 3.05) is 11.9 Å². The highest BCUT2D eigenvalue weighted by Gasteiger charge is 2.36. The summed E-state index contributed by atoms with van der Waals surface area (Å²) in [5, 5.41) is 9.25. The third-order valence-electron chi connectivity index (χ3n) is 4.66. The zero-order valence-electron chi connectivity index (χ0n) is 14.0. The van der Waals surface area contributed by atoms with Crippen LogP contribution >= 0.6 is 0 Å². The number of hydrogen-bond donors (Lipinski definition) is 3. The Morgan fingerprint density at radius 3 is 2.62 bits per heavy atom. The molecule has 1 aliphatic heterocycles. The van der Waals surface area contributed by atoms with E-state index in [4.69, 9.17) is 4.74 Å². The Labute approximate surface area is 142 Å². The number of hydrogen-bond acceptors (Lipinski definition) is 4. The number of rotatable bonds is 5. The van der Waals surface area contributed by atoms with Crippen molar-refractivity contribution in [3.8, 4) is 5.75 Å². The minimum atomic E-state index is -0.452. The van der Waals surface area contributed by atoms with Crippen molar-refractivity contribution in [3.05, 3.63) is 24.3 Å². The first-order valence-corrected chi connectivity index (χ1v) is 8.75. The molecule has 3 atom stereocenters. The molecule has 6 heteroatoms. The van der Waals surface area contributed by atoms with Gasteiger partial charge in [-0.3, -0.25) is 9.59 Å². The topological polar surface area (TPSA) is 79.5 Å². The Hall–Kier alpha value is -2.08. The molecular weight excluding hydrogens is 306 g/mol. The summed E-state index contributed by atoms with van der Waals surface area (Å²) in [6.07, 6.45) is 4.56. The summed E-state index contributed by atoms with van der Waals surface area (Å²) in [5.74, 6) is 0.535. The fourth-order valence-corrected chi connectivity index (χ4v) is 3.47. The number of carbonyl (C=O) groups is 2. The summed E-state index contributed by atoms with van der Waals surface area (Å²) in [6.45, 7) is 2.53. The molecule has 2 amide bonds. The number of ether oxygens (including phenoxy) is 1. The quantitative estimate of drug-likeness (QED) is 0.769. The Bertz CT molecular complexity index is 588. The molecule has 0 spiro atoms. The van der Waals surface area contributed by atoms with Gasteiger partial charge in [0.15, 0.2) is 0 Å². The lowest BCUT2D eigenvalue weighted by Gasteiger charge is -2.40. The van der Waals surface area contributed by atoms with Gasteiger partial charge in [0.25, 0.3) is 0 Å². The third kappa shape index (κ3) is 4.06. The molecule has 2 aliphatic rings. The smallest absolute Gasteiger partial charge is 0.237 e. The zero-order chi connectivity index (χ0) is 16.9. The number of benzene rings is 1. The standard InChI is InChI=1S/C18H25N3O3/c1-2-24-13-9-7-12(8-10-13)19-17(22)11-16-18(23)21-15-6-4-3-5-14(15)20-16/h7-10,14-16,20H,2-6,11H2,1H3,(H,19,22)(H,21,23)/t14-,15+,16-/m0/s1. The van der Waals surface area contributed by atoms with Crippen LogP contribution in [0, 0.1) is 0 Å². The van der Waals surface area contributed by atoms with E-state index in [1.165, 1.54) is 6.42 Å². The van der Waals surface area contributed by atoms with Crippen molar-refractivity contribution in [1.29, 1.82) is 0 Å². The second kappa shape index (κ2) is 7.66. The van der Waals surface area contributed by atoms with Gasteiger partial charge < -0.3 is 20.7 Å². The van der Waals surface area contributed by atoms with E-state index in [-0.39, 0.29) is 24.3 Å². The molecule has 1 saturated carbocycles. The van der Waals surface area contributed by atoms with Crippen LogP contribution in [0.4, 0.5) is 5.69 Å². The molecule has 6 nitrogen and oxygen atoms in total. The summed E-state index contributed by atoms with van der Waals surface area (Å²) in [6, 6.07) is 7.29. The first kappa shape index (κ1) is 16.8. The molecule has 3 rings (SSSR count). The van der Waals surface area contributed by atoms with E-state index in [1.807, 2.05) is 19.1 Å². The normalized spacial score (nSPS) is 26.2. The third-order valence-corrected chi connectivity index (χ3v) is 4.66. The molecule has 1 aliphatic carbocycles. The van der Waals surface area contributed by atoms with Gasteiger partial charge in [0.05, 0.1) is 19.1 Å². The molecule has 1 aromatic rings. The fraction of sp³-hybridized carbons (Fsp3) is 0.556. The van der Waals surface area contributed by atoms with Crippen molar-refractivity contribution >= 4 is 17.5 Å². The number of fused-ring (bicyclic) bond motifs is 1. The van der Waals surface area contributed by atoms with Crippen LogP contribution in [0.25, 0.3) is 0 Å². The highest BCUT2D eigenvalue weighted by atomic mass is 16.5. The van der Waals surface area contributed by atoms with Gasteiger partial charge in [-0.1, -0.05) is 12.8 Å². The van der Waals surface area contributed by atoms with Crippen LogP contribution in [0.3, 0.4) is 0 Å². The van der Waals surface area contributed by atoms with Gasteiger partial charge in [-0.2, -0.15) is 0 Å². The van der Waals surface area contributed by atoms with E-state index >= 15 is 0 Å². The molecule has 0 radical (unpaired) electrons. The molecule has 130 valence electrons. The highest BCUT2D eigenvalue weighted by Crippen LogP contribution is 2.22. The minimum Gasteiger partial charge on any atom is -0.494 e. The summed E-state index contributed by atoms with van der Waals surface area (Å²) < 4.78 is 5.38. The maximum absolute atomic E-state index is 12.2. The predicted octanol–water partition coefficient (Wildman–Crippen LogP) is 1.81. The zero-order valence-corrected chi connectivity index (χ0v) is 14.0. The molecule has 1 aromatic carbocycles. The molecule has 0 bridgehead atoms. The van der Waals surface area contributed by atoms with Crippen LogP contribution in [0.2, 0.25) is 0 Å².